The number of halogens is 1. The number of quaternary nitrogens is 1. The van der Waals surface area contributed by atoms with Crippen molar-refractivity contribution < 1.29 is 23.4 Å². The standard InChI is InChI=1S/C21H35ClNO4P/c1-4-7-8-9-10-18-23(5-2,6-3)21(27-28(24,25)26)13-11-12-19-14-16-20(22)17-15-19/h11,13-17,21H,4-10,12,18H2,1-3H3,(H-,24,25,26). The van der Waals surface area contributed by atoms with Gasteiger partial charge in [-0.05, 0) is 56.9 Å². The van der Waals surface area contributed by atoms with Crippen LogP contribution in [0.4, 0.5) is 0 Å². The van der Waals surface area contributed by atoms with Gasteiger partial charge in [-0.15, -0.1) is 0 Å². The van der Waals surface area contributed by atoms with E-state index in [4.69, 9.17) is 16.1 Å². The molecule has 7 heteroatoms. The lowest BCUT2D eigenvalue weighted by atomic mass is 10.1. The molecular formula is C21H35ClNO4P. The second-order valence-corrected chi connectivity index (χ2v) is 8.80. The molecule has 1 aromatic rings. The molecule has 1 N–H and O–H groups in total. The number of phosphoric ester groups is 1. The molecule has 0 aromatic heterocycles. The van der Waals surface area contributed by atoms with Crippen LogP contribution >= 0.6 is 19.4 Å². The second-order valence-electron chi connectivity index (χ2n) is 7.21. The maximum absolute atomic E-state index is 11.5. The minimum Gasteiger partial charge on any atom is -0.756 e. The van der Waals surface area contributed by atoms with E-state index in [9.17, 15) is 14.4 Å². The van der Waals surface area contributed by atoms with Gasteiger partial charge in [0.15, 0.2) is 0 Å². The summed E-state index contributed by atoms with van der Waals surface area (Å²) in [6, 6.07) is 7.52. The van der Waals surface area contributed by atoms with Gasteiger partial charge in [0.05, 0.1) is 19.6 Å². The molecule has 1 aromatic carbocycles. The minimum atomic E-state index is -4.85. The van der Waals surface area contributed by atoms with E-state index in [0.29, 0.717) is 15.9 Å². The van der Waals surface area contributed by atoms with E-state index in [2.05, 4.69) is 6.92 Å². The summed E-state index contributed by atoms with van der Waals surface area (Å²) in [5.41, 5.74) is 1.07. The maximum Gasteiger partial charge on any atom is 0.270 e. The number of nitrogens with zero attached hydrogens (tertiary/aromatic N) is 1. The lowest BCUT2D eigenvalue weighted by Gasteiger charge is -2.43. The molecule has 28 heavy (non-hydrogen) atoms. The number of hydrogen-bond donors (Lipinski definition) is 1. The molecule has 2 unspecified atom stereocenters. The summed E-state index contributed by atoms with van der Waals surface area (Å²) in [5.74, 6) is 0. The van der Waals surface area contributed by atoms with Crippen molar-refractivity contribution in [1.82, 2.24) is 0 Å². The Morgan fingerprint density at radius 3 is 2.29 bits per heavy atom. The zero-order valence-electron chi connectivity index (χ0n) is 17.3. The van der Waals surface area contributed by atoms with Crippen LogP contribution in [0, 0.1) is 0 Å². The molecule has 0 aliphatic heterocycles. The Morgan fingerprint density at radius 2 is 1.75 bits per heavy atom. The van der Waals surface area contributed by atoms with Gasteiger partial charge < -0.3 is 9.79 Å². The first-order chi connectivity index (χ1) is 13.3. The molecule has 0 fully saturated rings. The fourth-order valence-electron chi connectivity index (χ4n) is 3.45. The molecule has 1 rings (SSSR count). The zero-order chi connectivity index (χ0) is 21.0. The van der Waals surface area contributed by atoms with E-state index < -0.39 is 14.1 Å². The van der Waals surface area contributed by atoms with E-state index in [-0.39, 0.29) is 0 Å². The normalized spacial score (nSPS) is 15.6. The molecule has 5 nitrogen and oxygen atoms in total. The summed E-state index contributed by atoms with van der Waals surface area (Å²) in [6.45, 7) is 8.51. The highest BCUT2D eigenvalue weighted by Crippen LogP contribution is 2.36. The van der Waals surface area contributed by atoms with Crippen LogP contribution < -0.4 is 4.89 Å². The molecular weight excluding hydrogens is 397 g/mol. The third-order valence-corrected chi connectivity index (χ3v) is 6.05. The molecule has 0 bridgehead atoms. The Bertz CT molecular complexity index is 626. The van der Waals surface area contributed by atoms with Crippen molar-refractivity contribution in [1.29, 1.82) is 0 Å². The predicted octanol–water partition coefficient (Wildman–Crippen LogP) is 5.07. The largest absolute Gasteiger partial charge is 0.756 e. The molecule has 0 heterocycles. The van der Waals surface area contributed by atoms with Crippen molar-refractivity contribution in [3.05, 3.63) is 47.0 Å². The smallest absolute Gasteiger partial charge is 0.270 e. The fraction of sp³-hybridized carbons (Fsp3) is 0.619. The number of allylic oxidation sites excluding steroid dienone is 1. The Kier molecular flexibility index (Phi) is 11.6. The van der Waals surface area contributed by atoms with Crippen LogP contribution in [0.1, 0.15) is 58.4 Å². The number of rotatable bonds is 14. The summed E-state index contributed by atoms with van der Waals surface area (Å²) < 4.78 is 17.1. The van der Waals surface area contributed by atoms with E-state index in [0.717, 1.165) is 38.0 Å². The van der Waals surface area contributed by atoms with Crippen molar-refractivity contribution in [3.8, 4) is 0 Å². The van der Waals surface area contributed by atoms with Crippen LogP contribution in [-0.4, -0.2) is 35.2 Å². The van der Waals surface area contributed by atoms with E-state index in [1.54, 1.807) is 6.08 Å². The monoisotopic (exact) mass is 431 g/mol. The summed E-state index contributed by atoms with van der Waals surface area (Å²) in [6.07, 6.45) is 9.27. The quantitative estimate of drug-likeness (QED) is 0.147. The minimum absolute atomic E-state index is 0.468. The Morgan fingerprint density at radius 1 is 1.14 bits per heavy atom. The second kappa shape index (κ2) is 12.8. The Labute approximate surface area is 175 Å². The van der Waals surface area contributed by atoms with E-state index in [1.807, 2.05) is 44.2 Å². The van der Waals surface area contributed by atoms with Crippen LogP contribution in [0.5, 0.6) is 0 Å². The lowest BCUT2D eigenvalue weighted by Crippen LogP contribution is -2.56. The van der Waals surface area contributed by atoms with Gasteiger partial charge in [-0.3, -0.25) is 13.6 Å². The van der Waals surface area contributed by atoms with Crippen molar-refractivity contribution in [3.63, 3.8) is 0 Å². The molecule has 2 atom stereocenters. The number of phosphoric acid groups is 1. The van der Waals surface area contributed by atoms with Gasteiger partial charge in [0, 0.05) is 5.02 Å². The van der Waals surface area contributed by atoms with Crippen LogP contribution in [-0.2, 0) is 15.5 Å². The molecule has 0 spiro atoms. The SMILES string of the molecule is CCCCCCC[N+](CC)(CC)C(C=CCc1ccc(Cl)cc1)OP(=O)([O-])O. The molecule has 0 saturated carbocycles. The molecule has 0 aliphatic carbocycles. The van der Waals surface area contributed by atoms with Crippen LogP contribution in [0.25, 0.3) is 0 Å². The van der Waals surface area contributed by atoms with Crippen molar-refractivity contribution >= 4 is 19.4 Å². The average Bonchev–Trinajstić information content (AvgIpc) is 2.65. The number of unbranched alkanes of at least 4 members (excludes halogenated alkanes) is 4. The van der Waals surface area contributed by atoms with Crippen molar-refractivity contribution in [2.45, 2.75) is 65.5 Å². The van der Waals surface area contributed by atoms with Crippen molar-refractivity contribution in [2.24, 2.45) is 0 Å². The summed E-state index contributed by atoms with van der Waals surface area (Å²) >= 11 is 5.91. The first-order valence-corrected chi connectivity index (χ1v) is 12.1. The van der Waals surface area contributed by atoms with Gasteiger partial charge in [-0.1, -0.05) is 56.0 Å². The van der Waals surface area contributed by atoms with Crippen LogP contribution in [0.2, 0.25) is 5.02 Å². The zero-order valence-corrected chi connectivity index (χ0v) is 19.0. The molecule has 0 amide bonds. The molecule has 0 aliphatic rings. The van der Waals surface area contributed by atoms with Gasteiger partial charge in [0.2, 0.25) is 6.23 Å². The van der Waals surface area contributed by atoms with Crippen LogP contribution in [0.3, 0.4) is 0 Å². The number of benzene rings is 1. The highest BCUT2D eigenvalue weighted by Gasteiger charge is 2.34. The Balaban J connectivity index is 2.91. The van der Waals surface area contributed by atoms with Crippen molar-refractivity contribution in [2.75, 3.05) is 19.6 Å². The number of likely N-dealkylation sites (N-methyl/N-ethyl adjacent to an activating group) is 1. The Hall–Kier alpha value is -0.680. The number of hydrogen-bond acceptors (Lipinski definition) is 3. The fourth-order valence-corrected chi connectivity index (χ4v) is 4.12. The lowest BCUT2D eigenvalue weighted by molar-refractivity contribution is -0.959. The third-order valence-electron chi connectivity index (χ3n) is 5.32. The summed E-state index contributed by atoms with van der Waals surface area (Å²) in [5, 5.41) is 0.678. The maximum atomic E-state index is 11.5. The highest BCUT2D eigenvalue weighted by molar-refractivity contribution is 7.44. The van der Waals surface area contributed by atoms with E-state index >= 15 is 0 Å². The summed E-state index contributed by atoms with van der Waals surface area (Å²) in [4.78, 5) is 20.9. The van der Waals surface area contributed by atoms with E-state index in [1.165, 1.54) is 19.3 Å². The van der Waals surface area contributed by atoms with Gasteiger partial charge in [0.25, 0.3) is 7.82 Å². The van der Waals surface area contributed by atoms with Gasteiger partial charge >= 0.3 is 0 Å². The van der Waals surface area contributed by atoms with Gasteiger partial charge in [-0.25, -0.2) is 0 Å². The van der Waals surface area contributed by atoms with Gasteiger partial charge in [-0.2, -0.15) is 0 Å². The molecule has 160 valence electrons. The molecule has 0 radical (unpaired) electrons. The van der Waals surface area contributed by atoms with Gasteiger partial charge in [0.1, 0.15) is 0 Å². The predicted molar refractivity (Wildman–Crippen MR) is 114 cm³/mol. The van der Waals surface area contributed by atoms with Crippen LogP contribution in [0.15, 0.2) is 36.4 Å². The topological polar surface area (TPSA) is 69.6 Å². The first-order valence-electron chi connectivity index (χ1n) is 10.3. The third kappa shape index (κ3) is 9.21. The average molecular weight is 432 g/mol. The summed E-state index contributed by atoms with van der Waals surface area (Å²) in [7, 11) is -4.85. The molecule has 0 saturated heterocycles. The first kappa shape index (κ1) is 25.4. The highest BCUT2D eigenvalue weighted by atomic mass is 35.5.